The van der Waals surface area contributed by atoms with Crippen LogP contribution in [0.25, 0.3) is 0 Å². The summed E-state index contributed by atoms with van der Waals surface area (Å²) < 4.78 is 53.1. The van der Waals surface area contributed by atoms with Gasteiger partial charge in [-0.2, -0.15) is 13.2 Å². The number of likely N-dealkylation sites (tertiary alicyclic amines) is 1. The molecule has 4 rings (SSSR count). The predicted molar refractivity (Wildman–Crippen MR) is 95.3 cm³/mol. The maximum atomic E-state index is 14.1. The number of hydrogen-bond acceptors (Lipinski definition) is 4. The minimum absolute atomic E-state index is 0.112. The molecule has 0 bridgehead atoms. The number of rotatable bonds is 3. The Morgan fingerprint density at radius 2 is 2.04 bits per heavy atom. The van der Waals surface area contributed by atoms with Crippen LogP contribution in [0.3, 0.4) is 0 Å². The number of pyridine rings is 1. The largest absolute Gasteiger partial charge is 0.433 e. The molecule has 2 N–H and O–H groups in total. The first-order chi connectivity index (χ1) is 13.1. The minimum atomic E-state index is -4.49. The van der Waals surface area contributed by atoms with Crippen LogP contribution in [0.2, 0.25) is 0 Å². The normalized spacial score (nSPS) is 36.1. The van der Waals surface area contributed by atoms with Gasteiger partial charge in [-0.3, -0.25) is 9.69 Å². The third kappa shape index (κ3) is 3.13. The lowest BCUT2D eigenvalue weighted by Crippen LogP contribution is -2.56. The Kier molecular flexibility index (Phi) is 4.56. The van der Waals surface area contributed by atoms with Crippen molar-refractivity contribution in [1.29, 1.82) is 0 Å². The van der Waals surface area contributed by atoms with Crippen molar-refractivity contribution in [2.24, 2.45) is 17.6 Å². The summed E-state index contributed by atoms with van der Waals surface area (Å²) in [4.78, 5) is 19.4. The van der Waals surface area contributed by atoms with Gasteiger partial charge in [-0.15, -0.1) is 0 Å². The molecule has 1 aromatic heterocycles. The summed E-state index contributed by atoms with van der Waals surface area (Å²) in [5.74, 6) is 0.187. The monoisotopic (exact) mass is 400 g/mol. The molecule has 2 aliphatic heterocycles. The molecule has 1 amide bonds. The number of fused-ring (bicyclic) bond motifs is 1. The van der Waals surface area contributed by atoms with Crippen molar-refractivity contribution in [3.8, 4) is 0 Å². The number of primary amides is 1. The van der Waals surface area contributed by atoms with Gasteiger partial charge in [-0.1, -0.05) is 6.07 Å². The van der Waals surface area contributed by atoms with Crippen molar-refractivity contribution < 1.29 is 22.4 Å². The van der Waals surface area contributed by atoms with E-state index in [-0.39, 0.29) is 24.8 Å². The third-order valence-corrected chi connectivity index (χ3v) is 6.84. The van der Waals surface area contributed by atoms with Crippen molar-refractivity contribution in [3.05, 3.63) is 23.9 Å². The van der Waals surface area contributed by atoms with Gasteiger partial charge in [0.1, 0.15) is 17.7 Å². The summed E-state index contributed by atoms with van der Waals surface area (Å²) in [5, 5.41) is 0. The first kappa shape index (κ1) is 19.4. The fraction of sp³-hybridized carbons (Fsp3) is 0.684. The number of amides is 1. The smallest absolute Gasteiger partial charge is 0.368 e. The standard InChI is InChI=1S/C19H24F4N4O/c1-18(27-9-12(20)7-14(27)17(24)28)6-5-11-8-26(10-13(11)18)16-4-2-3-15(25-16)19(21,22)23/h2-4,11-14H,5-10H2,1H3,(H2,24,28)/t11-,12-,13+,14+,18+/m1/s1. The lowest BCUT2D eigenvalue weighted by Gasteiger charge is -2.43. The molecule has 0 aromatic carbocycles. The van der Waals surface area contributed by atoms with E-state index in [9.17, 15) is 22.4 Å². The molecule has 0 unspecified atom stereocenters. The van der Waals surface area contributed by atoms with Crippen LogP contribution in [0.4, 0.5) is 23.4 Å². The highest BCUT2D eigenvalue weighted by atomic mass is 19.4. The van der Waals surface area contributed by atoms with Gasteiger partial charge in [0.05, 0.1) is 6.04 Å². The fourth-order valence-electron chi connectivity index (χ4n) is 5.45. The molecule has 0 radical (unpaired) electrons. The van der Waals surface area contributed by atoms with Gasteiger partial charge in [-0.25, -0.2) is 9.37 Å². The van der Waals surface area contributed by atoms with Crippen LogP contribution < -0.4 is 10.6 Å². The second-order valence-corrected chi connectivity index (χ2v) is 8.45. The van der Waals surface area contributed by atoms with Gasteiger partial charge >= 0.3 is 6.18 Å². The maximum Gasteiger partial charge on any atom is 0.433 e. The van der Waals surface area contributed by atoms with Gasteiger partial charge in [0.2, 0.25) is 5.91 Å². The van der Waals surface area contributed by atoms with Crippen LogP contribution >= 0.6 is 0 Å². The quantitative estimate of drug-likeness (QED) is 0.793. The fourth-order valence-corrected chi connectivity index (χ4v) is 5.45. The first-order valence-electron chi connectivity index (χ1n) is 9.59. The Hall–Kier alpha value is -1.90. The summed E-state index contributed by atoms with van der Waals surface area (Å²) in [6.07, 6.45) is -3.75. The number of anilines is 1. The Labute approximate surface area is 160 Å². The van der Waals surface area contributed by atoms with E-state index in [1.54, 1.807) is 6.07 Å². The molecule has 3 aliphatic rings. The molecular weight excluding hydrogens is 376 g/mol. The number of carbonyl (C=O) groups is 1. The van der Waals surface area contributed by atoms with E-state index in [1.807, 2.05) is 16.7 Å². The Balaban J connectivity index is 1.57. The third-order valence-electron chi connectivity index (χ3n) is 6.84. The van der Waals surface area contributed by atoms with Crippen LogP contribution in [-0.4, -0.2) is 53.2 Å². The SMILES string of the molecule is C[C@]1(N2C[C@H](F)C[C@H]2C(N)=O)CC[C@@H]2CN(c3cccc(C(F)(F)F)n3)C[C@@H]21. The van der Waals surface area contributed by atoms with Crippen LogP contribution in [0.15, 0.2) is 18.2 Å². The highest BCUT2D eigenvalue weighted by Gasteiger charge is 2.56. The Morgan fingerprint density at radius 1 is 1.29 bits per heavy atom. The van der Waals surface area contributed by atoms with E-state index in [2.05, 4.69) is 4.98 Å². The molecule has 3 heterocycles. The van der Waals surface area contributed by atoms with Crippen LogP contribution in [0.5, 0.6) is 0 Å². The molecular formula is C19H24F4N4O. The molecule has 5 nitrogen and oxygen atoms in total. The van der Waals surface area contributed by atoms with Gasteiger partial charge < -0.3 is 10.6 Å². The molecule has 28 heavy (non-hydrogen) atoms. The van der Waals surface area contributed by atoms with Crippen LogP contribution in [0, 0.1) is 11.8 Å². The zero-order valence-electron chi connectivity index (χ0n) is 15.6. The van der Waals surface area contributed by atoms with Crippen molar-refractivity contribution in [3.63, 3.8) is 0 Å². The van der Waals surface area contributed by atoms with Gasteiger partial charge in [0.25, 0.3) is 0 Å². The molecule has 1 saturated carbocycles. The number of nitrogens with zero attached hydrogens (tertiary/aromatic N) is 3. The number of alkyl halides is 4. The molecule has 3 fully saturated rings. The summed E-state index contributed by atoms with van der Waals surface area (Å²) >= 11 is 0. The number of carbonyl (C=O) groups excluding carboxylic acids is 1. The topological polar surface area (TPSA) is 62.5 Å². The number of hydrogen-bond donors (Lipinski definition) is 1. The molecule has 154 valence electrons. The van der Waals surface area contributed by atoms with E-state index in [1.165, 1.54) is 6.07 Å². The van der Waals surface area contributed by atoms with Gasteiger partial charge in [0, 0.05) is 31.6 Å². The molecule has 5 atom stereocenters. The Bertz CT molecular complexity index is 773. The molecule has 1 aromatic rings. The predicted octanol–water partition coefficient (Wildman–Crippen LogP) is 2.60. The van der Waals surface area contributed by atoms with Crippen molar-refractivity contribution in [2.75, 3.05) is 24.5 Å². The zero-order valence-corrected chi connectivity index (χ0v) is 15.6. The van der Waals surface area contributed by atoms with E-state index in [0.717, 1.165) is 18.9 Å². The molecule has 9 heteroatoms. The number of halogens is 4. The lowest BCUT2D eigenvalue weighted by molar-refractivity contribution is -0.141. The second-order valence-electron chi connectivity index (χ2n) is 8.45. The summed E-state index contributed by atoms with van der Waals surface area (Å²) in [6.45, 7) is 3.36. The maximum absolute atomic E-state index is 14.1. The van der Waals surface area contributed by atoms with Crippen molar-refractivity contribution in [2.45, 2.75) is 50.1 Å². The average molecular weight is 400 g/mol. The Morgan fingerprint density at radius 3 is 2.71 bits per heavy atom. The van der Waals surface area contributed by atoms with Gasteiger partial charge in [0.15, 0.2) is 0 Å². The van der Waals surface area contributed by atoms with Crippen LogP contribution in [0.1, 0.15) is 31.9 Å². The molecule has 1 aliphatic carbocycles. The number of aromatic nitrogens is 1. The van der Waals surface area contributed by atoms with E-state index in [0.29, 0.717) is 18.9 Å². The van der Waals surface area contributed by atoms with Gasteiger partial charge in [-0.05, 0) is 43.7 Å². The highest BCUT2D eigenvalue weighted by Crippen LogP contribution is 2.50. The van der Waals surface area contributed by atoms with E-state index >= 15 is 0 Å². The highest BCUT2D eigenvalue weighted by molar-refractivity contribution is 5.80. The number of nitrogens with two attached hydrogens (primary N) is 1. The summed E-state index contributed by atoms with van der Waals surface area (Å²) in [6, 6.07) is 3.30. The minimum Gasteiger partial charge on any atom is -0.368 e. The van der Waals surface area contributed by atoms with Crippen molar-refractivity contribution >= 4 is 11.7 Å². The summed E-state index contributed by atoms with van der Waals surface area (Å²) in [5.41, 5.74) is 4.21. The second kappa shape index (κ2) is 6.57. The zero-order chi connectivity index (χ0) is 20.3. The van der Waals surface area contributed by atoms with E-state index < -0.39 is 35.5 Å². The van der Waals surface area contributed by atoms with E-state index in [4.69, 9.17) is 5.73 Å². The first-order valence-corrected chi connectivity index (χ1v) is 9.59. The lowest BCUT2D eigenvalue weighted by atomic mass is 9.84. The van der Waals surface area contributed by atoms with Crippen LogP contribution in [-0.2, 0) is 11.0 Å². The molecule has 2 saturated heterocycles. The molecule has 0 spiro atoms. The summed E-state index contributed by atoms with van der Waals surface area (Å²) in [7, 11) is 0. The van der Waals surface area contributed by atoms with Crippen molar-refractivity contribution in [1.82, 2.24) is 9.88 Å². The average Bonchev–Trinajstić information content (AvgIpc) is 3.30.